The van der Waals surface area contributed by atoms with Crippen LogP contribution in [0.15, 0.2) is 60.7 Å². The maximum atomic E-state index is 13.6. The van der Waals surface area contributed by atoms with Crippen molar-refractivity contribution in [2.75, 3.05) is 6.54 Å². The summed E-state index contributed by atoms with van der Waals surface area (Å²) in [5.41, 5.74) is 1.87. The number of hydrogen-bond donors (Lipinski definition) is 2. The Morgan fingerprint density at radius 1 is 1.14 bits per heavy atom. The van der Waals surface area contributed by atoms with Crippen LogP contribution in [0.1, 0.15) is 35.1 Å². The molecule has 6 nitrogen and oxygen atoms in total. The van der Waals surface area contributed by atoms with Gasteiger partial charge in [0.05, 0.1) is 18.1 Å². The van der Waals surface area contributed by atoms with Crippen LogP contribution >= 0.6 is 0 Å². The zero-order valence-corrected chi connectivity index (χ0v) is 19.7. The minimum absolute atomic E-state index is 0.0415. The standard InChI is InChI=1S/C27H23F4NO5/c1-15(25(33)34)17-3-2-4-18(10-17)19-6-8-23-20(11-19)12-32(13-24(32)37-23)26(35)36-14-16-5-7-22(28)21(9-16)27(29,30)31/h2-11,15,24,26,35H,12-14H2,1H3/p+1. The summed E-state index contributed by atoms with van der Waals surface area (Å²) in [6.45, 7) is 2.11. The van der Waals surface area contributed by atoms with Crippen molar-refractivity contribution in [2.45, 2.75) is 44.8 Å². The van der Waals surface area contributed by atoms with E-state index in [4.69, 9.17) is 9.47 Å². The SMILES string of the molecule is CC(C(=O)O)c1cccc(-c2ccc3c(c2)C[N+]2(C(O)OCc4ccc(F)c(C(F)(F)F)c4)CC2O3)c1. The topological polar surface area (TPSA) is 76.0 Å². The number of aliphatic hydroxyl groups excluding tert-OH is 1. The molecule has 1 saturated heterocycles. The van der Waals surface area contributed by atoms with Crippen molar-refractivity contribution in [1.82, 2.24) is 0 Å². The third-order valence-electron chi connectivity index (χ3n) is 6.99. The molecule has 0 spiro atoms. The van der Waals surface area contributed by atoms with Crippen LogP contribution in [0.25, 0.3) is 11.1 Å². The van der Waals surface area contributed by atoms with Crippen LogP contribution in [0.3, 0.4) is 0 Å². The summed E-state index contributed by atoms with van der Waals surface area (Å²) in [6.07, 6.45) is -6.55. The second-order valence-corrected chi connectivity index (χ2v) is 9.47. The first-order valence-electron chi connectivity index (χ1n) is 11.6. The lowest BCUT2D eigenvalue weighted by molar-refractivity contribution is -0.919. The molecule has 5 rings (SSSR count). The Labute approximate surface area is 209 Å². The first-order chi connectivity index (χ1) is 17.5. The number of carbonyl (C=O) groups is 1. The Hall–Kier alpha value is -3.47. The van der Waals surface area contributed by atoms with E-state index in [0.29, 0.717) is 30.5 Å². The number of aliphatic carboxylic acids is 1. The highest BCUT2D eigenvalue weighted by Gasteiger charge is 2.65. The molecule has 3 aromatic rings. The number of rotatable bonds is 7. The van der Waals surface area contributed by atoms with E-state index in [1.165, 1.54) is 6.07 Å². The molecule has 3 aromatic carbocycles. The average molecular weight is 518 g/mol. The predicted molar refractivity (Wildman–Crippen MR) is 123 cm³/mol. The highest BCUT2D eigenvalue weighted by Crippen LogP contribution is 2.46. The molecule has 0 aliphatic carbocycles. The Bertz CT molecular complexity index is 1360. The highest BCUT2D eigenvalue weighted by molar-refractivity contribution is 5.77. The Morgan fingerprint density at radius 3 is 2.62 bits per heavy atom. The van der Waals surface area contributed by atoms with Gasteiger partial charge in [0.25, 0.3) is 6.23 Å². The summed E-state index contributed by atoms with van der Waals surface area (Å²) in [7, 11) is 0. The van der Waals surface area contributed by atoms with Gasteiger partial charge in [-0.25, -0.2) is 8.87 Å². The molecule has 2 aliphatic heterocycles. The van der Waals surface area contributed by atoms with Crippen LogP contribution in [0, 0.1) is 5.82 Å². The van der Waals surface area contributed by atoms with Crippen molar-refractivity contribution in [3.8, 4) is 16.9 Å². The molecule has 2 heterocycles. The smallest absolute Gasteiger partial charge is 0.419 e. The fraction of sp³-hybridized carbons (Fsp3) is 0.296. The van der Waals surface area contributed by atoms with E-state index in [2.05, 4.69) is 0 Å². The van der Waals surface area contributed by atoms with Gasteiger partial charge in [-0.05, 0) is 53.4 Å². The molecule has 2 aliphatic rings. The molecule has 0 aromatic heterocycles. The number of fused-ring (bicyclic) bond motifs is 2. The van der Waals surface area contributed by atoms with Gasteiger partial charge in [-0.1, -0.05) is 36.4 Å². The van der Waals surface area contributed by atoms with Gasteiger partial charge in [0.15, 0.2) is 6.54 Å². The molecule has 1 fully saturated rings. The van der Waals surface area contributed by atoms with E-state index in [1.54, 1.807) is 19.1 Å². The van der Waals surface area contributed by atoms with Crippen molar-refractivity contribution in [2.24, 2.45) is 0 Å². The molecule has 4 atom stereocenters. The molecule has 194 valence electrons. The number of aliphatic hydroxyl groups is 1. The Morgan fingerprint density at radius 2 is 1.89 bits per heavy atom. The quantitative estimate of drug-likeness (QED) is 0.194. The number of hydrogen-bond acceptors (Lipinski definition) is 4. The maximum Gasteiger partial charge on any atom is 0.419 e. The first kappa shape index (κ1) is 25.2. The summed E-state index contributed by atoms with van der Waals surface area (Å²) >= 11 is 0. The van der Waals surface area contributed by atoms with E-state index in [1.807, 2.05) is 30.3 Å². The molecular weight excluding hydrogens is 494 g/mol. The maximum absolute atomic E-state index is 13.6. The second-order valence-electron chi connectivity index (χ2n) is 9.47. The first-order valence-corrected chi connectivity index (χ1v) is 11.6. The zero-order chi connectivity index (χ0) is 26.5. The van der Waals surface area contributed by atoms with E-state index >= 15 is 0 Å². The van der Waals surface area contributed by atoms with Gasteiger partial charge >= 0.3 is 18.6 Å². The normalized spacial score (nSPS) is 21.8. The molecule has 0 amide bonds. The number of quaternary nitrogens is 1. The average Bonchev–Trinajstić information content (AvgIpc) is 3.59. The number of nitrogens with zero attached hydrogens (tertiary/aromatic N) is 1. The van der Waals surface area contributed by atoms with Gasteiger partial charge in [0.1, 0.15) is 18.1 Å². The van der Waals surface area contributed by atoms with Gasteiger partial charge in [-0.2, -0.15) is 13.2 Å². The summed E-state index contributed by atoms with van der Waals surface area (Å²) in [4.78, 5) is 11.4. The third kappa shape index (κ3) is 4.79. The van der Waals surface area contributed by atoms with Crippen molar-refractivity contribution in [3.05, 3.63) is 88.7 Å². The molecule has 10 heteroatoms. The summed E-state index contributed by atoms with van der Waals surface area (Å²) in [6, 6.07) is 15.5. The van der Waals surface area contributed by atoms with E-state index in [-0.39, 0.29) is 22.9 Å². The lowest BCUT2D eigenvalue weighted by Crippen LogP contribution is -2.44. The number of ether oxygens (including phenoxy) is 2. The Balaban J connectivity index is 1.32. The molecule has 37 heavy (non-hydrogen) atoms. The number of carboxylic acid groups (broad SMARTS) is 1. The molecule has 2 N–H and O–H groups in total. The number of halogens is 4. The Kier molecular flexibility index (Phi) is 6.21. The van der Waals surface area contributed by atoms with E-state index < -0.39 is 35.9 Å². The van der Waals surface area contributed by atoms with Crippen molar-refractivity contribution < 1.29 is 46.5 Å². The lowest BCUT2D eigenvalue weighted by Gasteiger charge is -2.29. The largest absolute Gasteiger partial charge is 0.481 e. The molecule has 0 bridgehead atoms. The molecule has 0 saturated carbocycles. The highest BCUT2D eigenvalue weighted by atomic mass is 19.4. The van der Waals surface area contributed by atoms with E-state index in [0.717, 1.165) is 22.8 Å². The van der Waals surface area contributed by atoms with Crippen molar-refractivity contribution in [1.29, 1.82) is 0 Å². The van der Waals surface area contributed by atoms with E-state index in [9.17, 15) is 32.6 Å². The van der Waals surface area contributed by atoms with Gasteiger partial charge in [0, 0.05) is 5.56 Å². The van der Waals surface area contributed by atoms with Gasteiger partial charge in [-0.15, -0.1) is 0 Å². The van der Waals surface area contributed by atoms with Crippen molar-refractivity contribution in [3.63, 3.8) is 0 Å². The van der Waals surface area contributed by atoms with Gasteiger partial charge in [-0.3, -0.25) is 4.79 Å². The summed E-state index contributed by atoms with van der Waals surface area (Å²) in [5, 5.41) is 20.1. The summed E-state index contributed by atoms with van der Waals surface area (Å²) < 4.78 is 64.1. The van der Waals surface area contributed by atoms with Crippen LogP contribution in [0.2, 0.25) is 0 Å². The molecule has 4 unspecified atom stereocenters. The third-order valence-corrected chi connectivity index (χ3v) is 6.99. The zero-order valence-electron chi connectivity index (χ0n) is 19.7. The monoisotopic (exact) mass is 518 g/mol. The number of benzene rings is 3. The van der Waals surface area contributed by atoms with Crippen LogP contribution in [-0.4, -0.2) is 39.9 Å². The van der Waals surface area contributed by atoms with Crippen LogP contribution in [0.5, 0.6) is 5.75 Å². The van der Waals surface area contributed by atoms with Crippen LogP contribution < -0.4 is 4.74 Å². The van der Waals surface area contributed by atoms with Crippen molar-refractivity contribution >= 4 is 5.97 Å². The minimum Gasteiger partial charge on any atom is -0.481 e. The number of carboxylic acids is 1. The molecule has 0 radical (unpaired) electrons. The lowest BCUT2D eigenvalue weighted by atomic mass is 9.95. The minimum atomic E-state index is -4.83. The fourth-order valence-electron chi connectivity index (χ4n) is 4.65. The predicted octanol–water partition coefficient (Wildman–Crippen LogP) is 5.24. The second kappa shape index (κ2) is 9.13. The fourth-order valence-corrected chi connectivity index (χ4v) is 4.65. The van der Waals surface area contributed by atoms with Gasteiger partial charge < -0.3 is 19.7 Å². The van der Waals surface area contributed by atoms with Crippen LogP contribution in [-0.2, 0) is 28.9 Å². The number of alkyl halides is 3. The summed E-state index contributed by atoms with van der Waals surface area (Å²) in [5.74, 6) is -2.28. The van der Waals surface area contributed by atoms with Crippen LogP contribution in [0.4, 0.5) is 17.6 Å². The van der Waals surface area contributed by atoms with Gasteiger partial charge in [0.2, 0.25) is 0 Å². The molecular formula is C27H24F4NO5+.